The van der Waals surface area contributed by atoms with E-state index in [1.165, 1.54) is 4.90 Å². The van der Waals surface area contributed by atoms with Crippen molar-refractivity contribution in [3.05, 3.63) is 136 Å². The third kappa shape index (κ3) is 8.34. The number of phenolic OH excluding ortho intramolecular Hbond substituents is 1. The summed E-state index contributed by atoms with van der Waals surface area (Å²) >= 11 is 3.53. The van der Waals surface area contributed by atoms with Crippen molar-refractivity contribution >= 4 is 58.1 Å². The zero-order valence-electron chi connectivity index (χ0n) is 33.8. The fraction of sp³-hybridized carbons (Fsp3) is 0.388. The molecule has 0 radical (unpaired) electrons. The van der Waals surface area contributed by atoms with Crippen LogP contribution in [0.1, 0.15) is 83.3 Å². The summed E-state index contributed by atoms with van der Waals surface area (Å²) in [5.74, 6) is -2.33. The number of hydrogen-bond acceptors (Lipinski definition) is 6. The van der Waals surface area contributed by atoms with Crippen LogP contribution in [0.4, 0.5) is 0 Å². The van der Waals surface area contributed by atoms with Crippen molar-refractivity contribution in [3.63, 3.8) is 0 Å². The van der Waals surface area contributed by atoms with Crippen molar-refractivity contribution in [3.8, 4) is 5.75 Å². The highest BCUT2D eigenvalue weighted by atomic mass is 79.9. The van der Waals surface area contributed by atoms with Crippen LogP contribution in [-0.2, 0) is 14.0 Å². The van der Waals surface area contributed by atoms with E-state index in [2.05, 4.69) is 61.0 Å². The maximum Gasteiger partial charge on any atom is 0.261 e. The van der Waals surface area contributed by atoms with E-state index in [1.807, 2.05) is 78.9 Å². The van der Waals surface area contributed by atoms with E-state index in [0.29, 0.717) is 17.6 Å². The average Bonchev–Trinajstić information content (AvgIpc) is 3.49. The van der Waals surface area contributed by atoms with Gasteiger partial charge in [-0.3, -0.25) is 14.5 Å². The maximum atomic E-state index is 14.5. The van der Waals surface area contributed by atoms with Gasteiger partial charge in [0, 0.05) is 22.0 Å². The second-order valence-corrected chi connectivity index (χ2v) is 22.5. The largest absolute Gasteiger partial charge is 0.507 e. The molecule has 4 aromatic carbocycles. The second kappa shape index (κ2) is 18.0. The van der Waals surface area contributed by atoms with Gasteiger partial charge >= 0.3 is 0 Å². The van der Waals surface area contributed by atoms with Crippen LogP contribution in [0.25, 0.3) is 11.6 Å². The summed E-state index contributed by atoms with van der Waals surface area (Å²) in [4.78, 5) is 30.4. The number of aromatic hydroxyl groups is 1. The number of fused-ring (bicyclic) bond motifs is 1. The van der Waals surface area contributed by atoms with E-state index >= 15 is 0 Å². The zero-order valence-corrected chi connectivity index (χ0v) is 36.4. The zero-order chi connectivity index (χ0) is 41.0. The Bertz CT molecular complexity index is 2090. The van der Waals surface area contributed by atoms with E-state index < -0.39 is 32.2 Å². The van der Waals surface area contributed by atoms with Gasteiger partial charge in [-0.25, -0.2) is 0 Å². The van der Waals surface area contributed by atoms with Crippen LogP contribution in [-0.4, -0.2) is 65.7 Å². The predicted octanol–water partition coefficient (Wildman–Crippen LogP) is 8.66. The van der Waals surface area contributed by atoms with Crippen LogP contribution < -0.4 is 10.4 Å². The van der Waals surface area contributed by atoms with Gasteiger partial charge in [0.1, 0.15) is 5.75 Å². The smallest absolute Gasteiger partial charge is 0.261 e. The number of halogens is 1. The molecule has 4 aromatic rings. The minimum Gasteiger partial charge on any atom is -0.507 e. The molecule has 1 aliphatic heterocycles. The maximum absolute atomic E-state index is 14.5. The molecule has 2 aliphatic carbocycles. The van der Waals surface area contributed by atoms with Crippen LogP contribution in [0.15, 0.2) is 125 Å². The molecule has 7 rings (SSSR count). The quantitative estimate of drug-likeness (QED) is 0.0538. The highest BCUT2D eigenvalue weighted by molar-refractivity contribution is 9.10. The number of rotatable bonds is 13. The lowest BCUT2D eigenvalue weighted by molar-refractivity contribution is -0.143. The summed E-state index contributed by atoms with van der Waals surface area (Å²) in [5.41, 5.74) is 3.94. The molecule has 2 amide bonds. The molecule has 7 nitrogen and oxygen atoms in total. The van der Waals surface area contributed by atoms with Gasteiger partial charge in [-0.2, -0.15) is 0 Å². The number of amides is 2. The summed E-state index contributed by atoms with van der Waals surface area (Å²) < 4.78 is 8.30. The third-order valence-corrected chi connectivity index (χ3v) is 18.2. The summed E-state index contributed by atoms with van der Waals surface area (Å²) in [6, 6.07) is 35.9. The van der Waals surface area contributed by atoms with Gasteiger partial charge in [-0.05, 0) is 94.1 Å². The fourth-order valence-corrected chi connectivity index (χ4v) is 14.9. The summed E-state index contributed by atoms with van der Waals surface area (Å²) in [7, 11) is -3.05. The monoisotopic (exact) mass is 861 g/mol. The lowest BCUT2D eigenvalue weighted by Crippen LogP contribution is -2.66. The van der Waals surface area contributed by atoms with Crippen molar-refractivity contribution in [2.45, 2.75) is 89.3 Å². The van der Waals surface area contributed by atoms with Gasteiger partial charge < -0.3 is 19.7 Å². The Morgan fingerprint density at radius 1 is 0.879 bits per heavy atom. The topological polar surface area (TPSA) is 107 Å². The lowest BCUT2D eigenvalue weighted by Gasteiger charge is -2.44. The number of nitrogens with zero attached hydrogens (tertiary/aromatic N) is 1. The van der Waals surface area contributed by atoms with Gasteiger partial charge in [-0.15, -0.1) is 0 Å². The molecule has 3 aliphatic rings. The van der Waals surface area contributed by atoms with Crippen LogP contribution >= 0.6 is 15.9 Å². The Kier molecular flexibility index (Phi) is 13.1. The van der Waals surface area contributed by atoms with Crippen LogP contribution in [0.3, 0.4) is 0 Å². The van der Waals surface area contributed by atoms with E-state index in [-0.39, 0.29) is 54.7 Å². The number of aliphatic hydroxyl groups is 2. The molecule has 9 heteroatoms. The van der Waals surface area contributed by atoms with Crippen molar-refractivity contribution in [2.75, 3.05) is 13.2 Å². The Hall–Kier alpha value is -4.12. The Balaban J connectivity index is 1.30. The van der Waals surface area contributed by atoms with Crippen LogP contribution in [0.5, 0.6) is 5.75 Å². The highest BCUT2D eigenvalue weighted by Gasteiger charge is 2.57. The van der Waals surface area contributed by atoms with E-state index in [4.69, 9.17) is 4.43 Å². The first-order valence-electron chi connectivity index (χ1n) is 20.8. The SMILES string of the molecule is CC(C)(C)[Si](OCC1=C([C@H](O)CC/C(=C/c2cc(Br)ccc2O)c2ccccc2)[C@H](CO)[C@@H]2C(=O)N(C3CCCCC3)C(=O)[C@@H]2C1)(c1ccccc1)c1ccccc1. The first kappa shape index (κ1) is 42.0. The molecule has 0 unspecified atom stereocenters. The Morgan fingerprint density at radius 2 is 1.48 bits per heavy atom. The number of phenols is 1. The van der Waals surface area contributed by atoms with Crippen molar-refractivity contribution in [2.24, 2.45) is 17.8 Å². The predicted molar refractivity (Wildman–Crippen MR) is 237 cm³/mol. The van der Waals surface area contributed by atoms with E-state index in [1.54, 1.807) is 12.1 Å². The minimum absolute atomic E-state index is 0.128. The molecular weight excluding hydrogens is 807 g/mol. The van der Waals surface area contributed by atoms with E-state index in [0.717, 1.165) is 63.7 Å². The molecule has 3 N–H and O–H groups in total. The number of carbonyl (C=O) groups excluding carboxylic acids is 2. The third-order valence-electron chi connectivity index (χ3n) is 12.7. The molecular formula is C49H56BrNO6Si. The number of imide groups is 1. The lowest BCUT2D eigenvalue weighted by atomic mass is 9.68. The van der Waals surface area contributed by atoms with Gasteiger partial charge in [0.2, 0.25) is 11.8 Å². The number of carbonyl (C=O) groups is 2. The summed E-state index contributed by atoms with van der Waals surface area (Å²) in [5, 5.41) is 36.5. The molecule has 0 aromatic heterocycles. The summed E-state index contributed by atoms with van der Waals surface area (Å²) in [6.07, 6.45) is 6.59. The number of hydrogen-bond donors (Lipinski definition) is 3. The van der Waals surface area contributed by atoms with E-state index in [9.17, 15) is 24.9 Å². The number of benzene rings is 4. The molecule has 1 heterocycles. The fourth-order valence-electron chi connectivity index (χ4n) is 10.0. The summed E-state index contributed by atoms with van der Waals surface area (Å²) in [6.45, 7) is 6.44. The van der Waals surface area contributed by atoms with Crippen molar-refractivity contribution in [1.82, 2.24) is 4.90 Å². The molecule has 0 spiro atoms. The van der Waals surface area contributed by atoms with Crippen molar-refractivity contribution in [1.29, 1.82) is 0 Å². The molecule has 0 bridgehead atoms. The Morgan fingerprint density at radius 3 is 2.07 bits per heavy atom. The van der Waals surface area contributed by atoms with Gasteiger partial charge in [0.05, 0.1) is 31.2 Å². The average molecular weight is 863 g/mol. The molecule has 304 valence electrons. The molecule has 4 atom stereocenters. The normalized spacial score (nSPS) is 21.4. The van der Waals surface area contributed by atoms with Gasteiger partial charge in [-0.1, -0.05) is 147 Å². The first-order chi connectivity index (χ1) is 27.9. The number of allylic oxidation sites excluding steroid dienone is 1. The number of aliphatic hydroxyl groups excluding tert-OH is 2. The first-order valence-corrected chi connectivity index (χ1v) is 23.5. The number of likely N-dealkylation sites (tertiary alicyclic amines) is 1. The highest BCUT2D eigenvalue weighted by Crippen LogP contribution is 2.49. The molecule has 1 saturated carbocycles. The van der Waals surface area contributed by atoms with Gasteiger partial charge in [0.25, 0.3) is 8.32 Å². The molecule has 2 fully saturated rings. The minimum atomic E-state index is -3.05. The standard InChI is InChI=1S/C49H56BrNO6Si/c1-49(2,3)58(39-20-12-6-13-21-39,40-22-14-7-15-23-40)57-32-36-30-41-46(48(56)51(47(41)55)38-18-10-5-11-19-38)42(31-52)45(36)44(54)26-24-34(33-16-8-4-9-17-33)28-35-29-37(50)25-27-43(35)53/h4,6-9,12-17,20-23,25,27-29,38,41-42,44,46,52-54H,5,10-11,18-19,24,26,30-32H2,1-3H3/b34-28-/t41-,42+,44-,46-/m1/s1. The molecule has 1 saturated heterocycles. The Labute approximate surface area is 352 Å². The van der Waals surface area contributed by atoms with Crippen LogP contribution in [0, 0.1) is 17.8 Å². The van der Waals surface area contributed by atoms with Crippen LogP contribution in [0.2, 0.25) is 5.04 Å². The molecule has 58 heavy (non-hydrogen) atoms. The second-order valence-electron chi connectivity index (χ2n) is 17.3. The van der Waals surface area contributed by atoms with Crippen molar-refractivity contribution < 1.29 is 29.3 Å². The van der Waals surface area contributed by atoms with Gasteiger partial charge in [0.15, 0.2) is 0 Å².